The van der Waals surface area contributed by atoms with Crippen LogP contribution in [0.25, 0.3) is 0 Å². The van der Waals surface area contributed by atoms with E-state index in [0.717, 1.165) is 12.0 Å². The van der Waals surface area contributed by atoms with E-state index in [0.29, 0.717) is 19.6 Å². The standard InChI is InChI=1S/C13H20O4/c1-4-9(3)12-13(6-10(14)17-12)7-11(15-5-2)16-8-13/h4,11-12H,5-8H2,1-3H3/b9-4+/t11?,12-,13-/m0/s1. The first-order chi connectivity index (χ1) is 8.11. The first-order valence-electron chi connectivity index (χ1n) is 6.17. The van der Waals surface area contributed by atoms with E-state index in [2.05, 4.69) is 0 Å². The van der Waals surface area contributed by atoms with Crippen LogP contribution in [0.2, 0.25) is 0 Å². The number of rotatable bonds is 3. The second-order valence-corrected chi connectivity index (χ2v) is 4.84. The lowest BCUT2D eigenvalue weighted by Crippen LogP contribution is -2.32. The molecule has 2 rings (SSSR count). The molecular weight excluding hydrogens is 220 g/mol. The monoisotopic (exact) mass is 240 g/mol. The summed E-state index contributed by atoms with van der Waals surface area (Å²) < 4.78 is 16.5. The molecule has 0 aliphatic carbocycles. The SMILES string of the molecule is C/C=C(\C)[C@@H]1OC(=O)C[C@]12COC(OCC)C2. The van der Waals surface area contributed by atoms with E-state index in [4.69, 9.17) is 14.2 Å². The Balaban J connectivity index is 2.15. The van der Waals surface area contributed by atoms with Crippen molar-refractivity contribution < 1.29 is 19.0 Å². The largest absolute Gasteiger partial charge is 0.457 e. The quantitative estimate of drug-likeness (QED) is 0.559. The van der Waals surface area contributed by atoms with Crippen LogP contribution in [0.4, 0.5) is 0 Å². The maximum Gasteiger partial charge on any atom is 0.307 e. The zero-order valence-electron chi connectivity index (χ0n) is 10.7. The number of allylic oxidation sites excluding steroid dienone is 1. The van der Waals surface area contributed by atoms with Gasteiger partial charge in [0.1, 0.15) is 6.10 Å². The van der Waals surface area contributed by atoms with Gasteiger partial charge in [-0.15, -0.1) is 0 Å². The second-order valence-electron chi connectivity index (χ2n) is 4.84. The fraction of sp³-hybridized carbons (Fsp3) is 0.769. The van der Waals surface area contributed by atoms with E-state index in [-0.39, 0.29) is 23.8 Å². The highest BCUT2D eigenvalue weighted by molar-refractivity contribution is 5.74. The Morgan fingerprint density at radius 1 is 1.65 bits per heavy atom. The summed E-state index contributed by atoms with van der Waals surface area (Å²) in [6.07, 6.45) is 2.83. The van der Waals surface area contributed by atoms with Crippen LogP contribution in [0, 0.1) is 5.41 Å². The molecule has 1 spiro atoms. The molecule has 0 aromatic heterocycles. The Labute approximate surface area is 102 Å². The van der Waals surface area contributed by atoms with Crippen LogP contribution in [0.5, 0.6) is 0 Å². The van der Waals surface area contributed by atoms with Gasteiger partial charge in [0, 0.05) is 13.0 Å². The van der Waals surface area contributed by atoms with Gasteiger partial charge >= 0.3 is 5.97 Å². The maximum atomic E-state index is 11.6. The molecule has 96 valence electrons. The van der Waals surface area contributed by atoms with Crippen LogP contribution in [0.15, 0.2) is 11.6 Å². The fourth-order valence-corrected chi connectivity index (χ4v) is 2.71. The van der Waals surface area contributed by atoms with Crippen LogP contribution in [-0.2, 0) is 19.0 Å². The molecule has 0 N–H and O–H groups in total. The smallest absolute Gasteiger partial charge is 0.307 e. The van der Waals surface area contributed by atoms with E-state index in [1.54, 1.807) is 0 Å². The maximum absolute atomic E-state index is 11.6. The zero-order valence-corrected chi connectivity index (χ0v) is 10.7. The molecule has 0 amide bonds. The minimum absolute atomic E-state index is 0.128. The van der Waals surface area contributed by atoms with E-state index in [1.807, 2.05) is 26.8 Å². The van der Waals surface area contributed by atoms with E-state index in [1.165, 1.54) is 0 Å². The zero-order chi connectivity index (χ0) is 12.5. The Kier molecular flexibility index (Phi) is 3.54. The molecule has 4 nitrogen and oxygen atoms in total. The number of carbonyl (C=O) groups is 1. The molecule has 4 heteroatoms. The van der Waals surface area contributed by atoms with Crippen LogP contribution in [-0.4, -0.2) is 31.6 Å². The van der Waals surface area contributed by atoms with Gasteiger partial charge in [-0.25, -0.2) is 0 Å². The van der Waals surface area contributed by atoms with Crippen molar-refractivity contribution in [3.8, 4) is 0 Å². The van der Waals surface area contributed by atoms with Gasteiger partial charge < -0.3 is 14.2 Å². The van der Waals surface area contributed by atoms with Crippen LogP contribution in [0.3, 0.4) is 0 Å². The summed E-state index contributed by atoms with van der Waals surface area (Å²) in [6, 6.07) is 0. The number of hydrogen-bond donors (Lipinski definition) is 0. The van der Waals surface area contributed by atoms with Crippen molar-refractivity contribution in [2.45, 2.75) is 46.0 Å². The lowest BCUT2D eigenvalue weighted by Gasteiger charge is -2.26. The van der Waals surface area contributed by atoms with Gasteiger partial charge in [-0.2, -0.15) is 0 Å². The molecule has 2 aliphatic heterocycles. The molecule has 0 saturated carbocycles. The normalized spacial score (nSPS) is 37.8. The number of ether oxygens (including phenoxy) is 3. The third-order valence-electron chi connectivity index (χ3n) is 3.65. The van der Waals surface area contributed by atoms with Crippen molar-refractivity contribution in [2.75, 3.05) is 13.2 Å². The fourth-order valence-electron chi connectivity index (χ4n) is 2.71. The summed E-state index contributed by atoms with van der Waals surface area (Å²) >= 11 is 0. The molecule has 2 fully saturated rings. The topological polar surface area (TPSA) is 44.8 Å². The Hall–Kier alpha value is -0.870. The van der Waals surface area contributed by atoms with Crippen molar-refractivity contribution in [1.29, 1.82) is 0 Å². The highest BCUT2D eigenvalue weighted by Crippen LogP contribution is 2.47. The molecule has 2 heterocycles. The Bertz CT molecular complexity index is 336. The molecule has 0 radical (unpaired) electrons. The molecule has 2 saturated heterocycles. The number of hydrogen-bond acceptors (Lipinski definition) is 4. The van der Waals surface area contributed by atoms with Crippen LogP contribution >= 0.6 is 0 Å². The lowest BCUT2D eigenvalue weighted by atomic mass is 9.77. The first-order valence-corrected chi connectivity index (χ1v) is 6.17. The molecule has 2 aliphatic rings. The molecule has 0 bridgehead atoms. The average Bonchev–Trinajstić information content (AvgIpc) is 2.83. The van der Waals surface area contributed by atoms with E-state index < -0.39 is 0 Å². The second kappa shape index (κ2) is 4.78. The minimum Gasteiger partial charge on any atom is -0.457 e. The Morgan fingerprint density at radius 2 is 2.41 bits per heavy atom. The van der Waals surface area contributed by atoms with Gasteiger partial charge in [0.25, 0.3) is 0 Å². The van der Waals surface area contributed by atoms with Crippen molar-refractivity contribution in [1.82, 2.24) is 0 Å². The predicted molar refractivity (Wildman–Crippen MR) is 62.3 cm³/mol. The van der Waals surface area contributed by atoms with Crippen molar-refractivity contribution in [2.24, 2.45) is 5.41 Å². The molecule has 0 aromatic carbocycles. The summed E-state index contributed by atoms with van der Waals surface area (Å²) in [4.78, 5) is 11.6. The van der Waals surface area contributed by atoms with Gasteiger partial charge in [0.15, 0.2) is 6.29 Å². The first kappa shape index (κ1) is 12.6. The molecular formula is C13H20O4. The van der Waals surface area contributed by atoms with Crippen molar-refractivity contribution in [3.05, 3.63) is 11.6 Å². The third-order valence-corrected chi connectivity index (χ3v) is 3.65. The van der Waals surface area contributed by atoms with Crippen LogP contribution in [0.1, 0.15) is 33.6 Å². The minimum atomic E-state index is -0.215. The molecule has 0 aromatic rings. The summed E-state index contributed by atoms with van der Waals surface area (Å²) in [5.74, 6) is -0.128. The van der Waals surface area contributed by atoms with Gasteiger partial charge in [0.2, 0.25) is 0 Å². The van der Waals surface area contributed by atoms with E-state index in [9.17, 15) is 4.79 Å². The van der Waals surface area contributed by atoms with Gasteiger partial charge in [-0.1, -0.05) is 6.08 Å². The van der Waals surface area contributed by atoms with Crippen molar-refractivity contribution in [3.63, 3.8) is 0 Å². The lowest BCUT2D eigenvalue weighted by molar-refractivity contribution is -0.140. The van der Waals surface area contributed by atoms with Gasteiger partial charge in [-0.3, -0.25) is 4.79 Å². The summed E-state index contributed by atoms with van der Waals surface area (Å²) in [6.45, 7) is 7.07. The molecule has 17 heavy (non-hydrogen) atoms. The Morgan fingerprint density at radius 3 is 3.06 bits per heavy atom. The van der Waals surface area contributed by atoms with Crippen LogP contribution < -0.4 is 0 Å². The van der Waals surface area contributed by atoms with Crippen molar-refractivity contribution >= 4 is 5.97 Å². The van der Waals surface area contributed by atoms with E-state index >= 15 is 0 Å². The predicted octanol–water partition coefficient (Wildman–Crippen LogP) is 2.04. The molecule has 1 unspecified atom stereocenters. The summed E-state index contributed by atoms with van der Waals surface area (Å²) in [5, 5.41) is 0. The average molecular weight is 240 g/mol. The summed E-state index contributed by atoms with van der Waals surface area (Å²) in [7, 11) is 0. The number of carbonyl (C=O) groups excluding carboxylic acids is 1. The third kappa shape index (κ3) is 2.24. The number of esters is 1. The summed E-state index contributed by atoms with van der Waals surface area (Å²) in [5.41, 5.74) is 0.879. The highest BCUT2D eigenvalue weighted by atomic mass is 16.7. The van der Waals surface area contributed by atoms with Gasteiger partial charge in [0.05, 0.1) is 18.4 Å². The highest BCUT2D eigenvalue weighted by Gasteiger charge is 2.54. The van der Waals surface area contributed by atoms with Gasteiger partial charge in [-0.05, 0) is 26.3 Å². The molecule has 3 atom stereocenters. The number of cyclic esters (lactones) is 1.